The lowest BCUT2D eigenvalue weighted by Gasteiger charge is -2.29. The van der Waals surface area contributed by atoms with Gasteiger partial charge in [-0.2, -0.15) is 9.98 Å². The molecule has 170 valence electrons. The van der Waals surface area contributed by atoms with Gasteiger partial charge in [-0.05, 0) is 19.1 Å². The highest BCUT2D eigenvalue weighted by Gasteiger charge is 2.60. The Bertz CT molecular complexity index is 1280. The molecule has 4 atom stereocenters. The first-order valence-corrected chi connectivity index (χ1v) is 11.2. The van der Waals surface area contributed by atoms with Crippen LogP contribution in [-0.2, 0) is 19.5 Å². The molecule has 0 radical (unpaired) electrons. The number of nitrogens with one attached hydrogen (secondary N) is 2. The van der Waals surface area contributed by atoms with Crippen LogP contribution in [0.2, 0.25) is 0 Å². The Balaban J connectivity index is 1.98. The van der Waals surface area contributed by atoms with E-state index in [2.05, 4.69) is 0 Å². The second-order valence-corrected chi connectivity index (χ2v) is 9.01. The fraction of sp³-hybridized carbons (Fsp3) is 0.368. The zero-order valence-corrected chi connectivity index (χ0v) is 17.8. The summed E-state index contributed by atoms with van der Waals surface area (Å²) in [5.74, 6) is -0.768. The smallest absolute Gasteiger partial charge is 0.338 e. The Morgan fingerprint density at radius 1 is 1.38 bits per heavy atom. The monoisotopic (exact) mass is 464 g/mol. The van der Waals surface area contributed by atoms with E-state index in [-0.39, 0.29) is 11.1 Å². The molecule has 2 aromatic rings. The van der Waals surface area contributed by atoms with E-state index >= 15 is 0 Å². The van der Waals surface area contributed by atoms with Crippen molar-refractivity contribution in [1.29, 1.82) is 5.26 Å². The summed E-state index contributed by atoms with van der Waals surface area (Å²) in [5, 5.41) is 20.7. The highest BCUT2D eigenvalue weighted by Crippen LogP contribution is 2.37. The molecule has 0 aliphatic carbocycles. The minimum absolute atomic E-state index is 0.109. The van der Waals surface area contributed by atoms with Crippen molar-refractivity contribution >= 4 is 16.0 Å². The fourth-order valence-corrected chi connectivity index (χ4v) is 4.24. The summed E-state index contributed by atoms with van der Waals surface area (Å²) >= 11 is 0. The lowest BCUT2D eigenvalue weighted by molar-refractivity contribution is -0.0579. The van der Waals surface area contributed by atoms with E-state index in [4.69, 9.17) is 9.47 Å². The molecule has 1 aromatic carbocycles. The molecule has 0 spiro atoms. The molecule has 13 heteroatoms. The molecule has 32 heavy (non-hydrogen) atoms. The van der Waals surface area contributed by atoms with Crippen LogP contribution in [0.3, 0.4) is 0 Å². The maximum absolute atomic E-state index is 12.3. The number of hydrogen-bond acceptors (Lipinski definition) is 9. The van der Waals surface area contributed by atoms with Gasteiger partial charge < -0.3 is 14.6 Å². The number of rotatable bonds is 6. The van der Waals surface area contributed by atoms with Crippen molar-refractivity contribution < 1.29 is 27.8 Å². The van der Waals surface area contributed by atoms with Gasteiger partial charge in [-0.15, -0.1) is 0 Å². The lowest BCUT2D eigenvalue weighted by atomic mass is 9.91. The zero-order chi connectivity index (χ0) is 23.7. The van der Waals surface area contributed by atoms with Crippen LogP contribution in [0, 0.1) is 18.3 Å². The van der Waals surface area contributed by atoms with E-state index in [1.54, 1.807) is 24.3 Å². The molecule has 0 saturated carbocycles. The molecule has 3 N–H and O–H groups in total. The van der Waals surface area contributed by atoms with Crippen LogP contribution >= 0.6 is 0 Å². The largest absolute Gasteiger partial charge is 0.459 e. The normalized spacial score (nSPS) is 25.2. The maximum Gasteiger partial charge on any atom is 0.338 e. The number of hydrogen-bond donors (Lipinski definition) is 3. The number of aromatic amines is 1. The van der Waals surface area contributed by atoms with E-state index in [1.165, 1.54) is 19.1 Å². The van der Waals surface area contributed by atoms with Crippen molar-refractivity contribution in [2.45, 2.75) is 30.9 Å². The molecule has 1 aliphatic rings. The SMILES string of the molecule is Cc1cn([C@H]2O[C@H](COC(=O)c3ccccc3)[C@@](C#N)(NS(C)(=O)=O)[C@H]2O)c(=O)[nH]c1=O. The van der Waals surface area contributed by atoms with Gasteiger partial charge in [-0.25, -0.2) is 18.0 Å². The van der Waals surface area contributed by atoms with Gasteiger partial charge in [-0.3, -0.25) is 14.3 Å². The average Bonchev–Trinajstić information content (AvgIpc) is 3.00. The standard InChI is InChI=1S/C19H20N4O8S/c1-11-8-23(18(27)21-15(11)25)16-14(24)19(10-20,22-32(2,28)29)13(31-16)9-30-17(26)12-6-4-3-5-7-12/h3-8,13-14,16,22,24H,9H2,1-2H3,(H,21,25,27)/t13-,14+,16+,19-/m1/s1. The summed E-state index contributed by atoms with van der Waals surface area (Å²) in [6.45, 7) is 0.788. The number of esters is 1. The summed E-state index contributed by atoms with van der Waals surface area (Å²) in [6.07, 6.45) is -3.07. The van der Waals surface area contributed by atoms with E-state index in [1.807, 2.05) is 9.71 Å². The topological polar surface area (TPSA) is 181 Å². The first-order valence-electron chi connectivity index (χ1n) is 9.26. The number of aryl methyl sites for hydroxylation is 1. The van der Waals surface area contributed by atoms with Crippen LogP contribution in [0.15, 0.2) is 46.1 Å². The molecule has 1 saturated heterocycles. The summed E-state index contributed by atoms with van der Waals surface area (Å²) in [6, 6.07) is 9.59. The number of ether oxygens (including phenoxy) is 2. The summed E-state index contributed by atoms with van der Waals surface area (Å²) in [5.41, 5.74) is -3.59. The molecule has 3 rings (SSSR count). The van der Waals surface area contributed by atoms with Crippen molar-refractivity contribution in [2.24, 2.45) is 0 Å². The molecule has 1 aromatic heterocycles. The first-order chi connectivity index (χ1) is 15.0. The first kappa shape index (κ1) is 23.4. The molecule has 0 amide bonds. The minimum atomic E-state index is -4.06. The van der Waals surface area contributed by atoms with E-state index in [9.17, 15) is 33.2 Å². The Morgan fingerprint density at radius 3 is 2.62 bits per heavy atom. The van der Waals surface area contributed by atoms with Crippen LogP contribution in [0.1, 0.15) is 22.1 Å². The van der Waals surface area contributed by atoms with E-state index < -0.39 is 57.8 Å². The third kappa shape index (κ3) is 4.48. The van der Waals surface area contributed by atoms with Crippen LogP contribution in [0.5, 0.6) is 0 Å². The molecule has 1 fully saturated rings. The summed E-state index contributed by atoms with van der Waals surface area (Å²) in [7, 11) is -4.06. The Labute approximate surface area is 182 Å². The van der Waals surface area contributed by atoms with Gasteiger partial charge in [0.2, 0.25) is 10.0 Å². The Kier molecular flexibility index (Phi) is 6.33. The predicted octanol–water partition coefficient (Wildman–Crippen LogP) is -1.23. The molecule has 12 nitrogen and oxygen atoms in total. The number of H-pyrrole nitrogens is 1. The number of carbonyl (C=O) groups excluding carboxylic acids is 1. The summed E-state index contributed by atoms with van der Waals surface area (Å²) < 4.78 is 37.6. The second kappa shape index (κ2) is 8.67. The zero-order valence-electron chi connectivity index (χ0n) is 17.0. The van der Waals surface area contributed by atoms with Crippen molar-refractivity contribution in [3.05, 3.63) is 68.5 Å². The van der Waals surface area contributed by atoms with Crippen LogP contribution in [-0.4, -0.2) is 59.7 Å². The molecular weight excluding hydrogens is 444 g/mol. The fourth-order valence-electron chi connectivity index (χ4n) is 3.33. The van der Waals surface area contributed by atoms with Gasteiger partial charge >= 0.3 is 11.7 Å². The molecule has 2 heterocycles. The molecule has 1 aliphatic heterocycles. The second-order valence-electron chi connectivity index (χ2n) is 7.26. The number of carbonyl (C=O) groups is 1. The number of benzene rings is 1. The summed E-state index contributed by atoms with van der Waals surface area (Å²) in [4.78, 5) is 38.3. The number of aromatic nitrogens is 2. The highest BCUT2D eigenvalue weighted by molar-refractivity contribution is 7.88. The predicted molar refractivity (Wildman–Crippen MR) is 109 cm³/mol. The number of nitriles is 1. The Morgan fingerprint density at radius 2 is 2.03 bits per heavy atom. The third-order valence-electron chi connectivity index (χ3n) is 4.88. The van der Waals surface area contributed by atoms with Gasteiger partial charge in [0.05, 0.1) is 17.9 Å². The van der Waals surface area contributed by atoms with Crippen LogP contribution < -0.4 is 16.0 Å². The van der Waals surface area contributed by atoms with Gasteiger partial charge in [0.1, 0.15) is 18.8 Å². The van der Waals surface area contributed by atoms with E-state index in [0.29, 0.717) is 0 Å². The Hall–Kier alpha value is -3.31. The van der Waals surface area contributed by atoms with Crippen molar-refractivity contribution in [3.8, 4) is 6.07 Å². The number of nitrogens with zero attached hydrogens (tertiary/aromatic N) is 2. The van der Waals surface area contributed by atoms with Crippen molar-refractivity contribution in [1.82, 2.24) is 14.3 Å². The minimum Gasteiger partial charge on any atom is -0.459 e. The maximum atomic E-state index is 12.3. The average molecular weight is 464 g/mol. The van der Waals surface area contributed by atoms with Crippen molar-refractivity contribution in [3.63, 3.8) is 0 Å². The van der Waals surface area contributed by atoms with Gasteiger partial charge in [0.25, 0.3) is 5.56 Å². The van der Waals surface area contributed by atoms with Gasteiger partial charge in [-0.1, -0.05) is 18.2 Å². The highest BCUT2D eigenvalue weighted by atomic mass is 32.2. The number of aliphatic hydroxyl groups excluding tert-OH is 1. The number of aliphatic hydroxyl groups is 1. The number of sulfonamides is 1. The molecular formula is C19H20N4O8S. The van der Waals surface area contributed by atoms with Gasteiger partial charge in [0, 0.05) is 11.8 Å². The van der Waals surface area contributed by atoms with Crippen LogP contribution in [0.4, 0.5) is 0 Å². The lowest BCUT2D eigenvalue weighted by Crippen LogP contribution is -2.60. The van der Waals surface area contributed by atoms with Gasteiger partial charge in [0.15, 0.2) is 11.8 Å². The molecule has 0 unspecified atom stereocenters. The van der Waals surface area contributed by atoms with Crippen molar-refractivity contribution in [2.75, 3.05) is 12.9 Å². The van der Waals surface area contributed by atoms with Crippen LogP contribution in [0.25, 0.3) is 0 Å². The molecule has 0 bridgehead atoms. The third-order valence-corrected chi connectivity index (χ3v) is 5.59. The van der Waals surface area contributed by atoms with E-state index in [0.717, 1.165) is 17.0 Å². The quantitative estimate of drug-likeness (QED) is 0.441.